The Morgan fingerprint density at radius 2 is 2.29 bits per heavy atom. The molecule has 0 amide bonds. The lowest BCUT2D eigenvalue weighted by atomic mass is 10.2. The minimum atomic E-state index is 0.949. The van der Waals surface area contributed by atoms with Gasteiger partial charge in [-0.25, -0.2) is 0 Å². The van der Waals surface area contributed by atoms with Gasteiger partial charge in [-0.1, -0.05) is 12.2 Å². The smallest absolute Gasteiger partial charge is 0.0493 e. The predicted molar refractivity (Wildman–Crippen MR) is 60.3 cm³/mol. The number of aromatic nitrogens is 1. The van der Waals surface area contributed by atoms with Gasteiger partial charge < -0.3 is 4.57 Å². The van der Waals surface area contributed by atoms with Gasteiger partial charge >= 0.3 is 0 Å². The Balaban J connectivity index is 2.40. The summed E-state index contributed by atoms with van der Waals surface area (Å²) in [7, 11) is 2.05. The van der Waals surface area contributed by atoms with Gasteiger partial charge in [-0.15, -0.1) is 0 Å². The van der Waals surface area contributed by atoms with Gasteiger partial charge in [-0.05, 0) is 19.1 Å². The normalized spacial score (nSPS) is 16.1. The minimum absolute atomic E-state index is 0.949. The minimum Gasteiger partial charge on any atom is -0.351 e. The molecule has 1 aromatic heterocycles. The number of aliphatic imine (C=N–C) groups is 1. The van der Waals surface area contributed by atoms with E-state index in [9.17, 15) is 0 Å². The Morgan fingerprint density at radius 3 is 3.00 bits per heavy atom. The second kappa shape index (κ2) is 3.66. The summed E-state index contributed by atoms with van der Waals surface area (Å²) in [5.74, 6) is 0. The molecule has 72 valence electrons. The largest absolute Gasteiger partial charge is 0.351 e. The highest BCUT2D eigenvalue weighted by Gasteiger charge is 2.03. The van der Waals surface area contributed by atoms with E-state index < -0.39 is 0 Å². The van der Waals surface area contributed by atoms with Crippen molar-refractivity contribution >= 4 is 11.3 Å². The van der Waals surface area contributed by atoms with Crippen molar-refractivity contribution in [2.75, 3.05) is 0 Å². The highest BCUT2D eigenvalue weighted by Crippen LogP contribution is 2.18. The first-order valence-corrected chi connectivity index (χ1v) is 4.79. The van der Waals surface area contributed by atoms with Crippen LogP contribution in [0.4, 0.5) is 0 Å². The maximum Gasteiger partial charge on any atom is 0.0493 e. The molecule has 0 saturated carbocycles. The van der Waals surface area contributed by atoms with E-state index in [1.54, 1.807) is 0 Å². The molecule has 14 heavy (non-hydrogen) atoms. The second-order valence-electron chi connectivity index (χ2n) is 3.56. The van der Waals surface area contributed by atoms with Crippen LogP contribution in [0.1, 0.15) is 19.0 Å². The van der Waals surface area contributed by atoms with Gasteiger partial charge in [0, 0.05) is 42.8 Å². The van der Waals surface area contributed by atoms with Crippen molar-refractivity contribution in [2.24, 2.45) is 12.0 Å². The van der Waals surface area contributed by atoms with Crippen LogP contribution < -0.4 is 0 Å². The van der Waals surface area contributed by atoms with Crippen molar-refractivity contribution in [1.29, 1.82) is 0 Å². The Hall–Kier alpha value is -1.57. The average molecular weight is 186 g/mol. The van der Waals surface area contributed by atoms with Crippen LogP contribution >= 0.6 is 0 Å². The molecule has 0 atom stereocenters. The zero-order chi connectivity index (χ0) is 9.97. The van der Waals surface area contributed by atoms with E-state index in [2.05, 4.69) is 34.7 Å². The van der Waals surface area contributed by atoms with Crippen LogP contribution in [-0.4, -0.2) is 10.3 Å². The van der Waals surface area contributed by atoms with Crippen LogP contribution in [0.25, 0.3) is 5.57 Å². The number of hydrogen-bond acceptors (Lipinski definition) is 1. The molecule has 2 rings (SSSR count). The SMILES string of the molecule is CC1=NC=C(c2cccn2C)C=CC1. The van der Waals surface area contributed by atoms with Crippen molar-refractivity contribution in [1.82, 2.24) is 4.57 Å². The summed E-state index contributed by atoms with van der Waals surface area (Å²) in [5.41, 5.74) is 3.54. The monoisotopic (exact) mass is 186 g/mol. The fourth-order valence-electron chi connectivity index (χ4n) is 1.54. The lowest BCUT2D eigenvalue weighted by molar-refractivity contribution is 0.910. The number of rotatable bonds is 1. The summed E-state index contributed by atoms with van der Waals surface area (Å²) in [4.78, 5) is 4.38. The molecule has 0 fully saturated rings. The van der Waals surface area contributed by atoms with Crippen molar-refractivity contribution in [3.05, 3.63) is 42.4 Å². The molecule has 0 radical (unpaired) electrons. The molecule has 0 bridgehead atoms. The zero-order valence-electron chi connectivity index (χ0n) is 8.57. The van der Waals surface area contributed by atoms with E-state index >= 15 is 0 Å². The van der Waals surface area contributed by atoms with Crippen LogP contribution in [0.2, 0.25) is 0 Å². The van der Waals surface area contributed by atoms with Crippen LogP contribution in [-0.2, 0) is 7.05 Å². The highest BCUT2D eigenvalue weighted by atomic mass is 14.9. The van der Waals surface area contributed by atoms with Gasteiger partial charge in [0.15, 0.2) is 0 Å². The third kappa shape index (κ3) is 1.69. The zero-order valence-corrected chi connectivity index (χ0v) is 8.57. The standard InChI is InChI=1S/C12H14N2/c1-10-5-3-6-11(9-13-10)12-7-4-8-14(12)2/h3-4,6-9H,5H2,1-2H3. The van der Waals surface area contributed by atoms with Gasteiger partial charge in [0.05, 0.1) is 0 Å². The van der Waals surface area contributed by atoms with Crippen molar-refractivity contribution in [3.8, 4) is 0 Å². The van der Waals surface area contributed by atoms with E-state index in [0.717, 1.165) is 12.1 Å². The number of allylic oxidation sites excluding steroid dienone is 3. The molecule has 2 heteroatoms. The first kappa shape index (κ1) is 9.00. The molecular formula is C12H14N2. The lowest BCUT2D eigenvalue weighted by Gasteiger charge is -2.01. The van der Waals surface area contributed by atoms with E-state index in [4.69, 9.17) is 0 Å². The topological polar surface area (TPSA) is 17.3 Å². The Bertz CT molecular complexity index is 419. The van der Waals surface area contributed by atoms with E-state index in [1.807, 2.05) is 25.5 Å². The molecule has 0 spiro atoms. The second-order valence-corrected chi connectivity index (χ2v) is 3.56. The summed E-state index contributed by atoms with van der Waals surface area (Å²) in [6, 6.07) is 4.15. The first-order valence-electron chi connectivity index (χ1n) is 4.79. The number of aryl methyl sites for hydroxylation is 1. The third-order valence-corrected chi connectivity index (χ3v) is 2.37. The Labute approximate surface area is 84.3 Å². The van der Waals surface area contributed by atoms with Crippen LogP contribution in [0.15, 0.2) is 41.7 Å². The molecule has 2 nitrogen and oxygen atoms in total. The third-order valence-electron chi connectivity index (χ3n) is 2.37. The molecule has 1 aromatic rings. The van der Waals surface area contributed by atoms with Gasteiger partial charge in [-0.3, -0.25) is 4.99 Å². The van der Waals surface area contributed by atoms with Crippen LogP contribution in [0.5, 0.6) is 0 Å². The summed E-state index contributed by atoms with van der Waals surface area (Å²) >= 11 is 0. The van der Waals surface area contributed by atoms with Crippen molar-refractivity contribution < 1.29 is 0 Å². The lowest BCUT2D eigenvalue weighted by Crippen LogP contribution is -1.91. The van der Waals surface area contributed by atoms with E-state index in [0.29, 0.717) is 0 Å². The number of hydrogen-bond donors (Lipinski definition) is 0. The van der Waals surface area contributed by atoms with Crippen LogP contribution in [0, 0.1) is 0 Å². The van der Waals surface area contributed by atoms with Gasteiger partial charge in [0.2, 0.25) is 0 Å². The average Bonchev–Trinajstić information content (AvgIpc) is 2.46. The molecule has 0 saturated heterocycles. The molecule has 0 N–H and O–H groups in total. The molecule has 0 aromatic carbocycles. The van der Waals surface area contributed by atoms with Gasteiger partial charge in [0.1, 0.15) is 0 Å². The maximum absolute atomic E-state index is 4.38. The van der Waals surface area contributed by atoms with Crippen molar-refractivity contribution in [2.45, 2.75) is 13.3 Å². The maximum atomic E-state index is 4.38. The quantitative estimate of drug-likeness (QED) is 0.641. The molecular weight excluding hydrogens is 172 g/mol. The molecule has 1 aliphatic rings. The summed E-state index contributed by atoms with van der Waals surface area (Å²) < 4.78 is 2.10. The molecule has 2 heterocycles. The van der Waals surface area contributed by atoms with Gasteiger partial charge in [0.25, 0.3) is 0 Å². The summed E-state index contributed by atoms with van der Waals surface area (Å²) in [6.45, 7) is 2.05. The Morgan fingerprint density at radius 1 is 1.43 bits per heavy atom. The Kier molecular flexibility index (Phi) is 2.35. The van der Waals surface area contributed by atoms with E-state index in [1.165, 1.54) is 11.3 Å². The highest BCUT2D eigenvalue weighted by molar-refractivity contribution is 5.87. The summed E-state index contributed by atoms with van der Waals surface area (Å²) in [5, 5.41) is 0. The molecule has 1 aliphatic heterocycles. The summed E-state index contributed by atoms with van der Waals surface area (Å²) in [6.07, 6.45) is 9.23. The van der Waals surface area contributed by atoms with E-state index in [-0.39, 0.29) is 0 Å². The van der Waals surface area contributed by atoms with Crippen molar-refractivity contribution in [3.63, 3.8) is 0 Å². The van der Waals surface area contributed by atoms with Gasteiger partial charge in [-0.2, -0.15) is 0 Å². The first-order chi connectivity index (χ1) is 6.77. The molecule has 0 unspecified atom stereocenters. The fraction of sp³-hybridized carbons (Fsp3) is 0.250. The predicted octanol–water partition coefficient (Wildman–Crippen LogP) is 2.79. The molecule has 0 aliphatic carbocycles. The van der Waals surface area contributed by atoms with Crippen LogP contribution in [0.3, 0.4) is 0 Å². The number of nitrogens with zero attached hydrogens (tertiary/aromatic N) is 2. The fourth-order valence-corrected chi connectivity index (χ4v) is 1.54.